The predicted octanol–water partition coefficient (Wildman–Crippen LogP) is 1.95. The van der Waals surface area contributed by atoms with Gasteiger partial charge in [0.15, 0.2) is 0 Å². The third-order valence-electron chi connectivity index (χ3n) is 5.20. The molecule has 0 saturated carbocycles. The third-order valence-corrected chi connectivity index (χ3v) is 5.20. The molecule has 2 heterocycles. The first-order chi connectivity index (χ1) is 13.2. The molecule has 0 bridgehead atoms. The number of likely N-dealkylation sites (tertiary alicyclic amines) is 1. The summed E-state index contributed by atoms with van der Waals surface area (Å²) in [5.74, 6) is 0.719. The van der Waals surface area contributed by atoms with Gasteiger partial charge in [0, 0.05) is 25.2 Å². The number of carbonyl (C=O) groups excluding carboxylic acids is 2. The van der Waals surface area contributed by atoms with Crippen LogP contribution >= 0.6 is 0 Å². The predicted molar refractivity (Wildman–Crippen MR) is 99.4 cm³/mol. The molecule has 0 aliphatic carbocycles. The Morgan fingerprint density at radius 2 is 1.85 bits per heavy atom. The summed E-state index contributed by atoms with van der Waals surface area (Å²) in [6, 6.07) is 16.8. The highest BCUT2D eigenvalue weighted by molar-refractivity contribution is 5.94. The van der Waals surface area contributed by atoms with Gasteiger partial charge in [-0.25, -0.2) is 0 Å². The summed E-state index contributed by atoms with van der Waals surface area (Å²) in [7, 11) is 1.63. The number of carbonyl (C=O) groups is 2. The van der Waals surface area contributed by atoms with E-state index in [0.29, 0.717) is 25.2 Å². The Balaban J connectivity index is 1.50. The van der Waals surface area contributed by atoms with Crippen molar-refractivity contribution in [1.29, 1.82) is 0 Å². The van der Waals surface area contributed by atoms with E-state index in [-0.39, 0.29) is 30.6 Å². The highest BCUT2D eigenvalue weighted by Gasteiger charge is 2.44. The fraction of sp³-hybridized carbons (Fsp3) is 0.333. The molecule has 6 nitrogen and oxygen atoms in total. The number of fused-ring (bicyclic) bond motifs is 1. The molecule has 2 aromatic rings. The van der Waals surface area contributed by atoms with Crippen LogP contribution in [-0.4, -0.2) is 60.6 Å². The van der Waals surface area contributed by atoms with Crippen LogP contribution in [0, 0.1) is 0 Å². The molecule has 2 aliphatic heterocycles. The quantitative estimate of drug-likeness (QED) is 0.830. The summed E-state index contributed by atoms with van der Waals surface area (Å²) in [5.41, 5.74) is 1.68. The average Bonchev–Trinajstić information content (AvgIpc) is 3.15. The van der Waals surface area contributed by atoms with Crippen molar-refractivity contribution in [3.63, 3.8) is 0 Å². The fourth-order valence-electron chi connectivity index (χ4n) is 3.73. The number of morpholine rings is 1. The molecule has 2 saturated heterocycles. The molecule has 2 amide bonds. The van der Waals surface area contributed by atoms with Crippen LogP contribution < -0.4 is 4.74 Å². The Bertz CT molecular complexity index is 822. The van der Waals surface area contributed by atoms with E-state index in [9.17, 15) is 9.59 Å². The van der Waals surface area contributed by atoms with Crippen LogP contribution in [0.4, 0.5) is 0 Å². The number of hydrogen-bond donors (Lipinski definition) is 0. The maximum atomic E-state index is 12.8. The molecule has 0 N–H and O–H groups in total. The number of ether oxygens (including phenoxy) is 2. The van der Waals surface area contributed by atoms with Gasteiger partial charge >= 0.3 is 0 Å². The number of benzene rings is 2. The van der Waals surface area contributed by atoms with Crippen molar-refractivity contribution in [2.45, 2.75) is 18.7 Å². The third kappa shape index (κ3) is 3.53. The van der Waals surface area contributed by atoms with Crippen molar-refractivity contribution in [3.8, 4) is 5.75 Å². The smallest absolute Gasteiger partial charge is 0.254 e. The normalized spacial score (nSPS) is 21.9. The lowest BCUT2D eigenvalue weighted by atomic mass is 10.1. The standard InChI is InChI=1S/C21H22N2O4/c1-26-17-9-7-15(8-10-17)11-23-18-12-22(13-19(18)27-14-20(23)24)21(25)16-5-3-2-4-6-16/h2-10,18-19H,11-14H2,1H3. The van der Waals surface area contributed by atoms with E-state index in [1.165, 1.54) is 0 Å². The lowest BCUT2D eigenvalue weighted by Gasteiger charge is -2.36. The van der Waals surface area contributed by atoms with Crippen LogP contribution in [0.3, 0.4) is 0 Å². The van der Waals surface area contributed by atoms with Gasteiger partial charge in [-0.1, -0.05) is 30.3 Å². The molecule has 2 aliphatic rings. The molecule has 2 fully saturated rings. The first-order valence-corrected chi connectivity index (χ1v) is 9.04. The van der Waals surface area contributed by atoms with Crippen molar-refractivity contribution in [1.82, 2.24) is 9.80 Å². The second-order valence-electron chi connectivity index (χ2n) is 6.86. The largest absolute Gasteiger partial charge is 0.497 e. The molecular weight excluding hydrogens is 344 g/mol. The van der Waals surface area contributed by atoms with E-state index >= 15 is 0 Å². The van der Waals surface area contributed by atoms with E-state index in [1.807, 2.05) is 59.5 Å². The molecule has 140 valence electrons. The zero-order valence-corrected chi connectivity index (χ0v) is 15.2. The Morgan fingerprint density at radius 1 is 1.11 bits per heavy atom. The van der Waals surface area contributed by atoms with E-state index in [1.54, 1.807) is 12.0 Å². The van der Waals surface area contributed by atoms with Crippen molar-refractivity contribution >= 4 is 11.8 Å². The minimum absolute atomic E-state index is 0.0227. The molecule has 2 atom stereocenters. The van der Waals surface area contributed by atoms with Gasteiger partial charge in [0.2, 0.25) is 5.91 Å². The number of amides is 2. The first kappa shape index (κ1) is 17.5. The topological polar surface area (TPSA) is 59.1 Å². The van der Waals surface area contributed by atoms with Gasteiger partial charge in [-0.05, 0) is 29.8 Å². The summed E-state index contributed by atoms with van der Waals surface area (Å²) < 4.78 is 10.9. The second-order valence-corrected chi connectivity index (χ2v) is 6.86. The lowest BCUT2D eigenvalue weighted by molar-refractivity contribution is -0.153. The Labute approximate surface area is 158 Å². The van der Waals surface area contributed by atoms with Crippen molar-refractivity contribution in [2.24, 2.45) is 0 Å². The highest BCUT2D eigenvalue weighted by Crippen LogP contribution is 2.27. The van der Waals surface area contributed by atoms with Crippen molar-refractivity contribution in [2.75, 3.05) is 26.8 Å². The molecule has 0 spiro atoms. The van der Waals surface area contributed by atoms with Crippen LogP contribution in [0.5, 0.6) is 5.75 Å². The fourth-order valence-corrected chi connectivity index (χ4v) is 3.73. The highest BCUT2D eigenvalue weighted by atomic mass is 16.5. The molecule has 27 heavy (non-hydrogen) atoms. The number of hydrogen-bond acceptors (Lipinski definition) is 4. The van der Waals surface area contributed by atoms with Gasteiger partial charge < -0.3 is 19.3 Å². The molecule has 2 unspecified atom stereocenters. The van der Waals surface area contributed by atoms with E-state index in [2.05, 4.69) is 0 Å². The van der Waals surface area contributed by atoms with Gasteiger partial charge in [0.05, 0.1) is 19.3 Å². The summed E-state index contributed by atoms with van der Waals surface area (Å²) in [4.78, 5) is 28.9. The zero-order valence-electron chi connectivity index (χ0n) is 15.2. The van der Waals surface area contributed by atoms with Gasteiger partial charge in [0.25, 0.3) is 5.91 Å². The van der Waals surface area contributed by atoms with Gasteiger partial charge in [-0.3, -0.25) is 9.59 Å². The SMILES string of the molecule is COc1ccc(CN2C(=O)COC3CN(C(=O)c4ccccc4)CC32)cc1. The summed E-state index contributed by atoms with van der Waals surface area (Å²) in [6.07, 6.45) is -0.145. The van der Waals surface area contributed by atoms with Crippen molar-refractivity contribution in [3.05, 3.63) is 65.7 Å². The average molecular weight is 366 g/mol. The minimum Gasteiger partial charge on any atom is -0.497 e. The number of methoxy groups -OCH3 is 1. The van der Waals surface area contributed by atoms with Crippen LogP contribution in [0.25, 0.3) is 0 Å². The maximum absolute atomic E-state index is 12.8. The Hall–Kier alpha value is -2.86. The minimum atomic E-state index is -0.145. The number of rotatable bonds is 4. The zero-order chi connectivity index (χ0) is 18.8. The van der Waals surface area contributed by atoms with E-state index in [4.69, 9.17) is 9.47 Å². The lowest BCUT2D eigenvalue weighted by Crippen LogP contribution is -2.53. The van der Waals surface area contributed by atoms with Crippen LogP contribution in [-0.2, 0) is 16.1 Å². The molecule has 6 heteroatoms. The van der Waals surface area contributed by atoms with Crippen LogP contribution in [0.15, 0.2) is 54.6 Å². The molecule has 2 aromatic carbocycles. The molecule has 0 radical (unpaired) electrons. The van der Waals surface area contributed by atoms with E-state index < -0.39 is 0 Å². The van der Waals surface area contributed by atoms with Gasteiger partial charge in [-0.15, -0.1) is 0 Å². The monoisotopic (exact) mass is 366 g/mol. The van der Waals surface area contributed by atoms with Crippen LogP contribution in [0.2, 0.25) is 0 Å². The van der Waals surface area contributed by atoms with Crippen molar-refractivity contribution < 1.29 is 19.1 Å². The van der Waals surface area contributed by atoms with Gasteiger partial charge in [-0.2, -0.15) is 0 Å². The molecular formula is C21H22N2O4. The number of nitrogens with zero attached hydrogens (tertiary/aromatic N) is 2. The summed E-state index contributed by atoms with van der Waals surface area (Å²) >= 11 is 0. The van der Waals surface area contributed by atoms with Gasteiger partial charge in [0.1, 0.15) is 12.4 Å². The summed E-state index contributed by atoms with van der Waals surface area (Å²) in [6.45, 7) is 1.55. The molecule has 0 aromatic heterocycles. The molecule has 4 rings (SSSR count). The maximum Gasteiger partial charge on any atom is 0.254 e. The summed E-state index contributed by atoms with van der Waals surface area (Å²) in [5, 5.41) is 0. The van der Waals surface area contributed by atoms with E-state index in [0.717, 1.165) is 11.3 Å². The first-order valence-electron chi connectivity index (χ1n) is 9.04. The Kier molecular flexibility index (Phi) is 4.81. The van der Waals surface area contributed by atoms with Crippen LogP contribution in [0.1, 0.15) is 15.9 Å². The Morgan fingerprint density at radius 3 is 2.56 bits per heavy atom. The second kappa shape index (κ2) is 7.40.